The Hall–Kier alpha value is -2.67. The molecule has 1 aromatic heterocycles. The smallest absolute Gasteiger partial charge is 0.287 e. The Morgan fingerprint density at radius 2 is 2.04 bits per heavy atom. The van der Waals surface area contributed by atoms with Gasteiger partial charge in [0.1, 0.15) is 5.75 Å². The van der Waals surface area contributed by atoms with E-state index in [0.717, 1.165) is 17.9 Å². The Labute approximate surface area is 164 Å². The highest BCUT2D eigenvalue weighted by Gasteiger charge is 2.07. The van der Waals surface area contributed by atoms with E-state index in [1.54, 1.807) is 25.3 Å². The van der Waals surface area contributed by atoms with Gasteiger partial charge in [-0.1, -0.05) is 17.7 Å². The standard InChI is InChI=1S/C19H25ClN4O3/c1-3-21-19(24-11-10-22-18(25)17-5-4-12-27-17)23-9-8-14-6-7-15(26-2)13-16(14)20/h4-7,12-13H,3,8-11H2,1-2H3,(H,22,25)(H2,21,23,24). The molecule has 0 atom stereocenters. The quantitative estimate of drug-likeness (QED) is 0.346. The Balaban J connectivity index is 1.77. The molecule has 0 bridgehead atoms. The Morgan fingerprint density at radius 3 is 2.70 bits per heavy atom. The molecule has 0 aliphatic rings. The third-order valence-electron chi connectivity index (χ3n) is 3.70. The fourth-order valence-corrected chi connectivity index (χ4v) is 2.60. The number of ether oxygens (including phenoxy) is 1. The van der Waals surface area contributed by atoms with E-state index in [-0.39, 0.29) is 5.91 Å². The summed E-state index contributed by atoms with van der Waals surface area (Å²) in [5, 5.41) is 9.80. The van der Waals surface area contributed by atoms with Gasteiger partial charge in [0.05, 0.1) is 13.4 Å². The minimum absolute atomic E-state index is 0.238. The van der Waals surface area contributed by atoms with E-state index in [0.29, 0.717) is 42.8 Å². The van der Waals surface area contributed by atoms with Gasteiger partial charge in [0.15, 0.2) is 11.7 Å². The molecule has 2 aromatic rings. The van der Waals surface area contributed by atoms with Gasteiger partial charge in [-0.05, 0) is 43.2 Å². The van der Waals surface area contributed by atoms with E-state index in [2.05, 4.69) is 20.9 Å². The summed E-state index contributed by atoms with van der Waals surface area (Å²) in [6.45, 7) is 4.32. The van der Waals surface area contributed by atoms with Gasteiger partial charge in [0, 0.05) is 31.2 Å². The summed E-state index contributed by atoms with van der Waals surface area (Å²) in [6, 6.07) is 8.93. The number of methoxy groups -OCH3 is 1. The molecule has 0 unspecified atom stereocenters. The number of halogens is 1. The van der Waals surface area contributed by atoms with Crippen molar-refractivity contribution in [1.82, 2.24) is 16.0 Å². The Morgan fingerprint density at radius 1 is 1.22 bits per heavy atom. The first-order valence-corrected chi connectivity index (χ1v) is 9.18. The normalized spacial score (nSPS) is 11.1. The molecule has 0 spiro atoms. The fourth-order valence-electron chi connectivity index (χ4n) is 2.34. The monoisotopic (exact) mass is 392 g/mol. The number of benzene rings is 1. The number of aliphatic imine (C=N–C) groups is 1. The van der Waals surface area contributed by atoms with Crippen LogP contribution in [-0.4, -0.2) is 45.2 Å². The third kappa shape index (κ3) is 6.86. The number of amides is 1. The largest absolute Gasteiger partial charge is 0.497 e. The average Bonchev–Trinajstić information content (AvgIpc) is 3.21. The zero-order chi connectivity index (χ0) is 19.5. The number of carbonyl (C=O) groups is 1. The van der Waals surface area contributed by atoms with Crippen LogP contribution in [0.25, 0.3) is 0 Å². The maximum Gasteiger partial charge on any atom is 0.287 e. The highest BCUT2D eigenvalue weighted by atomic mass is 35.5. The minimum Gasteiger partial charge on any atom is -0.497 e. The molecule has 0 aliphatic carbocycles. The first-order valence-electron chi connectivity index (χ1n) is 8.80. The van der Waals surface area contributed by atoms with Crippen LogP contribution in [0.2, 0.25) is 5.02 Å². The van der Waals surface area contributed by atoms with Gasteiger partial charge < -0.3 is 25.1 Å². The predicted octanol–water partition coefficient (Wildman–Crippen LogP) is 2.47. The summed E-state index contributed by atoms with van der Waals surface area (Å²) in [5.74, 6) is 1.48. The lowest BCUT2D eigenvalue weighted by Gasteiger charge is -2.12. The van der Waals surface area contributed by atoms with E-state index < -0.39 is 0 Å². The zero-order valence-electron chi connectivity index (χ0n) is 15.5. The van der Waals surface area contributed by atoms with E-state index >= 15 is 0 Å². The Bertz CT molecular complexity index is 747. The molecular formula is C19H25ClN4O3. The van der Waals surface area contributed by atoms with Gasteiger partial charge in [0.25, 0.3) is 5.91 Å². The van der Waals surface area contributed by atoms with Crippen LogP contribution in [0.3, 0.4) is 0 Å². The van der Waals surface area contributed by atoms with Gasteiger partial charge >= 0.3 is 0 Å². The molecule has 0 saturated heterocycles. The van der Waals surface area contributed by atoms with Crippen LogP contribution in [-0.2, 0) is 6.42 Å². The number of guanidine groups is 1. The summed E-state index contributed by atoms with van der Waals surface area (Å²) >= 11 is 6.25. The summed E-state index contributed by atoms with van der Waals surface area (Å²) in [5.41, 5.74) is 1.02. The van der Waals surface area contributed by atoms with Crippen LogP contribution in [0.1, 0.15) is 23.0 Å². The summed E-state index contributed by atoms with van der Waals surface area (Å²) in [6.07, 6.45) is 2.19. The highest BCUT2D eigenvalue weighted by molar-refractivity contribution is 6.31. The van der Waals surface area contributed by atoms with Crippen LogP contribution >= 0.6 is 11.6 Å². The molecule has 2 rings (SSSR count). The molecule has 7 nitrogen and oxygen atoms in total. The van der Waals surface area contributed by atoms with Crippen LogP contribution < -0.4 is 20.7 Å². The van der Waals surface area contributed by atoms with Crippen molar-refractivity contribution >= 4 is 23.5 Å². The third-order valence-corrected chi connectivity index (χ3v) is 4.06. The molecule has 0 fully saturated rings. The van der Waals surface area contributed by atoms with Gasteiger partial charge in [-0.15, -0.1) is 0 Å². The van der Waals surface area contributed by atoms with Gasteiger partial charge in [-0.25, -0.2) is 0 Å². The molecule has 0 radical (unpaired) electrons. The summed E-state index contributed by atoms with van der Waals surface area (Å²) in [7, 11) is 1.61. The highest BCUT2D eigenvalue weighted by Crippen LogP contribution is 2.22. The molecule has 3 N–H and O–H groups in total. The number of rotatable bonds is 9. The SMILES string of the molecule is CCNC(=NCCc1ccc(OC)cc1Cl)NCCNC(=O)c1ccco1. The van der Waals surface area contributed by atoms with Crippen molar-refractivity contribution in [2.45, 2.75) is 13.3 Å². The van der Waals surface area contributed by atoms with Crippen LogP contribution in [0.5, 0.6) is 5.75 Å². The van der Waals surface area contributed by atoms with Gasteiger partial charge in [-0.3, -0.25) is 9.79 Å². The second kappa shape index (κ2) is 11.1. The van der Waals surface area contributed by atoms with Crippen molar-refractivity contribution in [2.75, 3.05) is 33.3 Å². The number of nitrogens with zero attached hydrogens (tertiary/aromatic N) is 1. The predicted molar refractivity (Wildman–Crippen MR) is 107 cm³/mol. The summed E-state index contributed by atoms with van der Waals surface area (Å²) in [4.78, 5) is 16.3. The van der Waals surface area contributed by atoms with Gasteiger partial charge in [0.2, 0.25) is 0 Å². The maximum absolute atomic E-state index is 11.8. The molecule has 0 aliphatic heterocycles. The second-order valence-corrected chi connectivity index (χ2v) is 6.04. The van der Waals surface area contributed by atoms with E-state index in [4.69, 9.17) is 20.8 Å². The van der Waals surface area contributed by atoms with Crippen molar-refractivity contribution in [3.8, 4) is 5.75 Å². The number of hydrogen-bond acceptors (Lipinski definition) is 4. The first-order chi connectivity index (χ1) is 13.1. The van der Waals surface area contributed by atoms with Crippen molar-refractivity contribution in [3.63, 3.8) is 0 Å². The number of hydrogen-bond donors (Lipinski definition) is 3. The van der Waals surface area contributed by atoms with Crippen LogP contribution in [0.4, 0.5) is 0 Å². The van der Waals surface area contributed by atoms with Crippen molar-refractivity contribution in [2.24, 2.45) is 4.99 Å². The van der Waals surface area contributed by atoms with E-state index in [1.165, 1.54) is 6.26 Å². The van der Waals surface area contributed by atoms with Gasteiger partial charge in [-0.2, -0.15) is 0 Å². The van der Waals surface area contributed by atoms with E-state index in [1.807, 2.05) is 19.1 Å². The lowest BCUT2D eigenvalue weighted by molar-refractivity contribution is 0.0926. The number of nitrogens with one attached hydrogen (secondary N) is 3. The lowest BCUT2D eigenvalue weighted by Crippen LogP contribution is -2.41. The number of carbonyl (C=O) groups excluding carboxylic acids is 1. The first kappa shape index (κ1) is 20.6. The molecular weight excluding hydrogens is 368 g/mol. The molecule has 146 valence electrons. The topological polar surface area (TPSA) is 87.9 Å². The average molecular weight is 393 g/mol. The van der Waals surface area contributed by atoms with Crippen LogP contribution in [0, 0.1) is 0 Å². The molecule has 27 heavy (non-hydrogen) atoms. The molecule has 0 saturated carbocycles. The molecule has 1 aromatic carbocycles. The lowest BCUT2D eigenvalue weighted by atomic mass is 10.1. The number of furan rings is 1. The zero-order valence-corrected chi connectivity index (χ0v) is 16.3. The maximum atomic E-state index is 11.8. The molecule has 1 amide bonds. The van der Waals surface area contributed by atoms with E-state index in [9.17, 15) is 4.79 Å². The molecule has 8 heteroatoms. The van der Waals surface area contributed by atoms with Crippen molar-refractivity contribution < 1.29 is 13.9 Å². The summed E-state index contributed by atoms with van der Waals surface area (Å²) < 4.78 is 10.2. The fraction of sp³-hybridized carbons (Fsp3) is 0.368. The molecule has 1 heterocycles. The van der Waals surface area contributed by atoms with Crippen molar-refractivity contribution in [1.29, 1.82) is 0 Å². The Kier molecular flexibility index (Phi) is 8.51. The van der Waals surface area contributed by atoms with Crippen LogP contribution in [0.15, 0.2) is 46.0 Å². The minimum atomic E-state index is -0.238. The second-order valence-electron chi connectivity index (χ2n) is 5.63. The van der Waals surface area contributed by atoms with Crippen molar-refractivity contribution in [3.05, 3.63) is 52.9 Å².